The van der Waals surface area contributed by atoms with E-state index in [1.807, 2.05) is 0 Å². The zero-order chi connectivity index (χ0) is 8.81. The highest BCUT2D eigenvalue weighted by atomic mass is 16.5. The third-order valence-electron chi connectivity index (χ3n) is 1.51. The average molecular weight is 165 g/mol. The summed E-state index contributed by atoms with van der Waals surface area (Å²) >= 11 is 0. The molecule has 0 bridgehead atoms. The molecule has 65 valence electrons. The molecular weight excluding hydrogens is 152 g/mol. The van der Waals surface area contributed by atoms with Crippen molar-refractivity contribution < 1.29 is 9.84 Å². The summed E-state index contributed by atoms with van der Waals surface area (Å²) in [6, 6.07) is 7.59. The Morgan fingerprint density at radius 3 is 3.00 bits per heavy atom. The highest BCUT2D eigenvalue weighted by Crippen LogP contribution is 2.17. The predicted molar refractivity (Wildman–Crippen MR) is 47.3 cm³/mol. The van der Waals surface area contributed by atoms with Gasteiger partial charge in [-0.25, -0.2) is 0 Å². The van der Waals surface area contributed by atoms with Gasteiger partial charge in [0.15, 0.2) is 0 Å². The van der Waals surface area contributed by atoms with Crippen molar-refractivity contribution in [3.63, 3.8) is 0 Å². The van der Waals surface area contributed by atoms with Gasteiger partial charge in [0.25, 0.3) is 0 Å². The molecule has 1 aromatic carbocycles. The second-order valence-electron chi connectivity index (χ2n) is 2.63. The summed E-state index contributed by atoms with van der Waals surface area (Å²) in [5.41, 5.74) is 0. The summed E-state index contributed by atoms with van der Waals surface area (Å²) in [7, 11) is 0. The molecule has 0 aliphatic heterocycles. The molecule has 2 heteroatoms. The van der Waals surface area contributed by atoms with E-state index < -0.39 is 0 Å². The van der Waals surface area contributed by atoms with E-state index in [4.69, 9.17) is 9.84 Å². The zero-order valence-corrected chi connectivity index (χ0v) is 7.21. The minimum Gasteiger partial charge on any atom is -0.508 e. The van der Waals surface area contributed by atoms with Crippen molar-refractivity contribution >= 4 is 0 Å². The normalized spacial score (nSPS) is 9.75. The van der Waals surface area contributed by atoms with Crippen LogP contribution in [0.2, 0.25) is 0 Å². The van der Waals surface area contributed by atoms with Crippen LogP contribution in [0.25, 0.3) is 0 Å². The molecule has 1 radical (unpaired) electrons. The number of phenolic OH excluding ortho intramolecular Hbond substituents is 1. The molecular formula is C10H13O2. The molecule has 0 saturated heterocycles. The average Bonchev–Trinajstić information content (AvgIpc) is 2.05. The van der Waals surface area contributed by atoms with Crippen LogP contribution in [0.3, 0.4) is 0 Å². The first-order valence-corrected chi connectivity index (χ1v) is 4.16. The quantitative estimate of drug-likeness (QED) is 0.694. The zero-order valence-electron chi connectivity index (χ0n) is 7.21. The number of aromatic hydroxyl groups is 1. The number of hydrogen-bond donors (Lipinski definition) is 1. The number of phenols is 1. The first kappa shape index (κ1) is 8.91. The van der Waals surface area contributed by atoms with Gasteiger partial charge < -0.3 is 9.84 Å². The largest absolute Gasteiger partial charge is 0.508 e. The van der Waals surface area contributed by atoms with Crippen LogP contribution in [0.4, 0.5) is 0 Å². The molecule has 12 heavy (non-hydrogen) atoms. The molecule has 0 saturated carbocycles. The van der Waals surface area contributed by atoms with Gasteiger partial charge in [-0.1, -0.05) is 13.3 Å². The number of benzene rings is 1. The van der Waals surface area contributed by atoms with Gasteiger partial charge >= 0.3 is 0 Å². The number of hydrogen-bond acceptors (Lipinski definition) is 2. The van der Waals surface area contributed by atoms with E-state index in [2.05, 4.69) is 13.0 Å². The van der Waals surface area contributed by atoms with Crippen molar-refractivity contribution in [1.29, 1.82) is 0 Å². The van der Waals surface area contributed by atoms with Crippen molar-refractivity contribution in [1.82, 2.24) is 0 Å². The SMILES string of the molecule is CCCCOc1c[c]cc(O)c1. The van der Waals surface area contributed by atoms with Gasteiger partial charge in [-0.3, -0.25) is 0 Å². The Morgan fingerprint density at radius 1 is 1.50 bits per heavy atom. The Balaban J connectivity index is 2.41. The second-order valence-corrected chi connectivity index (χ2v) is 2.63. The third-order valence-corrected chi connectivity index (χ3v) is 1.51. The molecule has 0 atom stereocenters. The lowest BCUT2D eigenvalue weighted by Crippen LogP contribution is -1.95. The van der Waals surface area contributed by atoms with Gasteiger partial charge in [-0.05, 0) is 24.6 Å². The van der Waals surface area contributed by atoms with E-state index in [0.717, 1.165) is 12.8 Å². The Morgan fingerprint density at radius 2 is 2.33 bits per heavy atom. The standard InChI is InChI=1S/C10H13O2/c1-2-3-7-12-10-6-4-5-9(11)8-10/h5-6,8,11H,2-3,7H2,1H3. The minimum atomic E-state index is 0.198. The summed E-state index contributed by atoms with van der Waals surface area (Å²) in [5.74, 6) is 0.882. The lowest BCUT2D eigenvalue weighted by molar-refractivity contribution is 0.307. The minimum absolute atomic E-state index is 0.198. The summed E-state index contributed by atoms with van der Waals surface area (Å²) in [4.78, 5) is 0. The van der Waals surface area contributed by atoms with Crippen LogP contribution in [0, 0.1) is 6.07 Å². The Bertz CT molecular complexity index is 233. The topological polar surface area (TPSA) is 29.5 Å². The molecule has 1 aromatic rings. The van der Waals surface area contributed by atoms with Crippen LogP contribution in [0.15, 0.2) is 18.2 Å². The van der Waals surface area contributed by atoms with E-state index >= 15 is 0 Å². The summed E-state index contributed by atoms with van der Waals surface area (Å²) in [6.07, 6.45) is 2.15. The van der Waals surface area contributed by atoms with Gasteiger partial charge in [0.2, 0.25) is 0 Å². The van der Waals surface area contributed by atoms with E-state index in [1.165, 1.54) is 6.07 Å². The predicted octanol–water partition coefficient (Wildman–Crippen LogP) is 2.37. The highest BCUT2D eigenvalue weighted by Gasteiger charge is 1.93. The molecule has 0 amide bonds. The molecule has 0 fully saturated rings. The van der Waals surface area contributed by atoms with E-state index in [0.29, 0.717) is 12.4 Å². The third kappa shape index (κ3) is 2.82. The maximum Gasteiger partial charge on any atom is 0.123 e. The molecule has 0 aromatic heterocycles. The van der Waals surface area contributed by atoms with Crippen LogP contribution < -0.4 is 4.74 Å². The highest BCUT2D eigenvalue weighted by molar-refractivity contribution is 5.30. The van der Waals surface area contributed by atoms with Gasteiger partial charge in [-0.15, -0.1) is 0 Å². The maximum absolute atomic E-state index is 9.06. The first-order valence-electron chi connectivity index (χ1n) is 4.16. The lowest BCUT2D eigenvalue weighted by atomic mass is 10.3. The summed E-state index contributed by atoms with van der Waals surface area (Å²) in [5, 5.41) is 9.06. The molecule has 1 rings (SSSR count). The summed E-state index contributed by atoms with van der Waals surface area (Å²) < 4.78 is 5.34. The molecule has 0 aliphatic carbocycles. The molecule has 2 nitrogen and oxygen atoms in total. The van der Waals surface area contributed by atoms with Crippen LogP contribution in [-0.4, -0.2) is 11.7 Å². The Labute approximate surface area is 72.8 Å². The number of unbranched alkanes of at least 4 members (excludes halogenated alkanes) is 1. The van der Waals surface area contributed by atoms with Crippen molar-refractivity contribution in [2.75, 3.05) is 6.61 Å². The fraction of sp³-hybridized carbons (Fsp3) is 0.400. The fourth-order valence-corrected chi connectivity index (χ4v) is 0.856. The van der Waals surface area contributed by atoms with Gasteiger partial charge in [0.05, 0.1) is 6.61 Å². The number of ether oxygens (including phenoxy) is 1. The van der Waals surface area contributed by atoms with E-state index in [-0.39, 0.29) is 5.75 Å². The van der Waals surface area contributed by atoms with Crippen LogP contribution >= 0.6 is 0 Å². The van der Waals surface area contributed by atoms with Crippen LogP contribution in [0.1, 0.15) is 19.8 Å². The number of rotatable bonds is 4. The van der Waals surface area contributed by atoms with Crippen molar-refractivity contribution in [2.45, 2.75) is 19.8 Å². The lowest BCUT2D eigenvalue weighted by Gasteiger charge is -2.04. The molecule has 0 spiro atoms. The maximum atomic E-state index is 9.06. The Kier molecular flexibility index (Phi) is 3.45. The second kappa shape index (κ2) is 4.65. The van der Waals surface area contributed by atoms with Crippen molar-refractivity contribution in [3.05, 3.63) is 24.3 Å². The first-order chi connectivity index (χ1) is 5.83. The van der Waals surface area contributed by atoms with Gasteiger partial charge in [0.1, 0.15) is 11.5 Å². The van der Waals surface area contributed by atoms with E-state index in [9.17, 15) is 0 Å². The Hall–Kier alpha value is -1.18. The fourth-order valence-electron chi connectivity index (χ4n) is 0.856. The van der Waals surface area contributed by atoms with Gasteiger partial charge in [-0.2, -0.15) is 0 Å². The van der Waals surface area contributed by atoms with Crippen molar-refractivity contribution in [2.24, 2.45) is 0 Å². The monoisotopic (exact) mass is 165 g/mol. The van der Waals surface area contributed by atoms with Crippen LogP contribution in [0.5, 0.6) is 11.5 Å². The molecule has 0 aliphatic rings. The van der Waals surface area contributed by atoms with Crippen molar-refractivity contribution in [3.8, 4) is 11.5 Å². The smallest absolute Gasteiger partial charge is 0.123 e. The van der Waals surface area contributed by atoms with E-state index in [1.54, 1.807) is 12.1 Å². The molecule has 0 heterocycles. The molecule has 0 unspecified atom stereocenters. The molecule has 1 N–H and O–H groups in total. The van der Waals surface area contributed by atoms with Crippen LogP contribution in [-0.2, 0) is 0 Å². The summed E-state index contributed by atoms with van der Waals surface area (Å²) in [6.45, 7) is 2.81. The van der Waals surface area contributed by atoms with Gasteiger partial charge in [0, 0.05) is 6.07 Å².